The van der Waals surface area contributed by atoms with E-state index in [1.807, 2.05) is 6.92 Å². The molecule has 0 saturated heterocycles. The van der Waals surface area contributed by atoms with Crippen LogP contribution in [0.15, 0.2) is 10.6 Å². The molecule has 0 aromatic carbocycles. The normalized spacial score (nSPS) is 13.6. The molecule has 0 spiro atoms. The monoisotopic (exact) mass is 355 g/mol. The highest BCUT2D eigenvalue weighted by molar-refractivity contribution is 8.01. The van der Waals surface area contributed by atoms with Crippen LogP contribution in [0.1, 0.15) is 52.7 Å². The third-order valence-electron chi connectivity index (χ3n) is 3.54. The van der Waals surface area contributed by atoms with Crippen LogP contribution >= 0.6 is 11.8 Å². The molecule has 24 heavy (non-hydrogen) atoms. The number of amides is 2. The Morgan fingerprint density at radius 3 is 2.54 bits per heavy atom. The molecule has 2 amide bonds. The van der Waals surface area contributed by atoms with Crippen LogP contribution in [-0.4, -0.2) is 34.0 Å². The lowest BCUT2D eigenvalue weighted by atomic mass is 10.0. The van der Waals surface area contributed by atoms with E-state index in [1.54, 1.807) is 19.9 Å². The smallest absolute Gasteiger partial charge is 0.238 e. The van der Waals surface area contributed by atoms with Gasteiger partial charge in [-0.25, -0.2) is 0 Å². The maximum atomic E-state index is 12.0. The van der Waals surface area contributed by atoms with Crippen molar-refractivity contribution in [2.24, 2.45) is 5.92 Å². The molecule has 0 fully saturated rings. The quantitative estimate of drug-likeness (QED) is 0.672. The molecule has 1 heterocycles. The Labute approximate surface area is 148 Å². The Hall–Kier alpha value is -1.50. The van der Waals surface area contributed by atoms with Crippen molar-refractivity contribution in [3.05, 3.63) is 11.8 Å². The zero-order valence-electron chi connectivity index (χ0n) is 15.2. The van der Waals surface area contributed by atoms with Crippen LogP contribution in [0.4, 0.5) is 5.82 Å². The number of hydrogen-bond donors (Lipinski definition) is 2. The van der Waals surface area contributed by atoms with Crippen LogP contribution in [0, 0.1) is 12.8 Å². The zero-order valence-corrected chi connectivity index (χ0v) is 16.0. The SMILES string of the molecule is Cc1cc(NC(=O)[C@H](C)SCC(=O)N[C@H](C)CCCC(C)C)no1. The lowest BCUT2D eigenvalue weighted by Gasteiger charge is -2.15. The first-order chi connectivity index (χ1) is 11.3. The first-order valence-electron chi connectivity index (χ1n) is 8.43. The van der Waals surface area contributed by atoms with Gasteiger partial charge in [0.25, 0.3) is 0 Å². The first-order valence-corrected chi connectivity index (χ1v) is 9.48. The molecule has 136 valence electrons. The summed E-state index contributed by atoms with van der Waals surface area (Å²) in [6.45, 7) is 9.95. The molecule has 2 N–H and O–H groups in total. The highest BCUT2D eigenvalue weighted by atomic mass is 32.2. The topological polar surface area (TPSA) is 84.2 Å². The summed E-state index contributed by atoms with van der Waals surface area (Å²) in [6, 6.07) is 1.82. The molecule has 0 unspecified atom stereocenters. The van der Waals surface area contributed by atoms with Gasteiger partial charge >= 0.3 is 0 Å². The molecule has 0 saturated carbocycles. The van der Waals surface area contributed by atoms with Crippen molar-refractivity contribution < 1.29 is 14.1 Å². The second-order valence-corrected chi connectivity index (χ2v) is 7.89. The molecule has 2 atom stereocenters. The van der Waals surface area contributed by atoms with Crippen LogP contribution in [0.3, 0.4) is 0 Å². The molecule has 0 bridgehead atoms. The van der Waals surface area contributed by atoms with Gasteiger partial charge in [0.1, 0.15) is 5.76 Å². The molecule has 0 radical (unpaired) electrons. The molecule has 1 aromatic heterocycles. The van der Waals surface area contributed by atoms with E-state index < -0.39 is 0 Å². The number of carbonyl (C=O) groups is 2. The molecule has 0 aliphatic carbocycles. The molecule has 1 rings (SSSR count). The van der Waals surface area contributed by atoms with Gasteiger partial charge in [-0.05, 0) is 33.1 Å². The number of aromatic nitrogens is 1. The summed E-state index contributed by atoms with van der Waals surface area (Å²) in [5.41, 5.74) is 0. The summed E-state index contributed by atoms with van der Waals surface area (Å²) in [5, 5.41) is 9.03. The molecular weight excluding hydrogens is 326 g/mol. The van der Waals surface area contributed by atoms with E-state index in [0.717, 1.165) is 12.8 Å². The molecule has 0 aliphatic rings. The van der Waals surface area contributed by atoms with E-state index in [2.05, 4.69) is 29.6 Å². The second-order valence-electron chi connectivity index (χ2n) is 6.56. The van der Waals surface area contributed by atoms with Crippen molar-refractivity contribution in [2.45, 2.75) is 65.2 Å². The Morgan fingerprint density at radius 1 is 1.25 bits per heavy atom. The van der Waals surface area contributed by atoms with Gasteiger partial charge in [0.15, 0.2) is 5.82 Å². The summed E-state index contributed by atoms with van der Waals surface area (Å²) in [4.78, 5) is 24.0. The lowest BCUT2D eigenvalue weighted by Crippen LogP contribution is -2.35. The third-order valence-corrected chi connectivity index (χ3v) is 4.68. The fourth-order valence-electron chi connectivity index (χ4n) is 2.15. The molecule has 6 nitrogen and oxygen atoms in total. The van der Waals surface area contributed by atoms with Gasteiger partial charge in [-0.3, -0.25) is 9.59 Å². The average molecular weight is 356 g/mol. The average Bonchev–Trinajstić information content (AvgIpc) is 2.89. The fourth-order valence-corrected chi connectivity index (χ4v) is 2.85. The van der Waals surface area contributed by atoms with E-state index in [0.29, 0.717) is 17.5 Å². The minimum atomic E-state index is -0.344. The second kappa shape index (κ2) is 10.4. The highest BCUT2D eigenvalue weighted by Gasteiger charge is 2.17. The van der Waals surface area contributed by atoms with Gasteiger partial charge in [-0.15, -0.1) is 11.8 Å². The Bertz CT molecular complexity index is 531. The first kappa shape index (κ1) is 20.5. The maximum absolute atomic E-state index is 12.0. The Morgan fingerprint density at radius 2 is 1.96 bits per heavy atom. The third kappa shape index (κ3) is 8.38. The highest BCUT2D eigenvalue weighted by Crippen LogP contribution is 2.14. The van der Waals surface area contributed by atoms with E-state index in [-0.39, 0.29) is 28.9 Å². The van der Waals surface area contributed by atoms with Crippen molar-refractivity contribution in [1.29, 1.82) is 0 Å². The Kier molecular flexibility index (Phi) is 8.89. The van der Waals surface area contributed by atoms with Gasteiger partial charge in [-0.1, -0.05) is 31.8 Å². The number of nitrogens with zero attached hydrogens (tertiary/aromatic N) is 1. The van der Waals surface area contributed by atoms with Crippen molar-refractivity contribution in [2.75, 3.05) is 11.1 Å². The summed E-state index contributed by atoms with van der Waals surface area (Å²) in [6.07, 6.45) is 3.27. The van der Waals surface area contributed by atoms with Crippen molar-refractivity contribution in [3.63, 3.8) is 0 Å². The number of thioether (sulfide) groups is 1. The van der Waals surface area contributed by atoms with Crippen LogP contribution in [0.25, 0.3) is 0 Å². The zero-order chi connectivity index (χ0) is 18.1. The molecule has 7 heteroatoms. The van der Waals surface area contributed by atoms with Gasteiger partial charge in [-0.2, -0.15) is 0 Å². The molecule has 0 aliphatic heterocycles. The van der Waals surface area contributed by atoms with Gasteiger partial charge in [0.2, 0.25) is 11.8 Å². The number of anilines is 1. The largest absolute Gasteiger partial charge is 0.360 e. The van der Waals surface area contributed by atoms with Gasteiger partial charge in [0.05, 0.1) is 11.0 Å². The number of carbonyl (C=O) groups excluding carboxylic acids is 2. The minimum Gasteiger partial charge on any atom is -0.360 e. The van der Waals surface area contributed by atoms with Crippen molar-refractivity contribution >= 4 is 29.4 Å². The fraction of sp³-hybridized carbons (Fsp3) is 0.706. The van der Waals surface area contributed by atoms with Gasteiger partial charge < -0.3 is 15.2 Å². The van der Waals surface area contributed by atoms with Gasteiger partial charge in [0, 0.05) is 12.1 Å². The molecule has 1 aromatic rings. The predicted molar refractivity (Wildman–Crippen MR) is 98.1 cm³/mol. The number of aryl methyl sites for hydroxylation is 1. The Balaban J connectivity index is 2.23. The van der Waals surface area contributed by atoms with E-state index in [9.17, 15) is 9.59 Å². The minimum absolute atomic E-state index is 0.0334. The number of rotatable bonds is 10. The van der Waals surface area contributed by atoms with Crippen LogP contribution in [0.5, 0.6) is 0 Å². The summed E-state index contributed by atoms with van der Waals surface area (Å²) < 4.78 is 4.90. The maximum Gasteiger partial charge on any atom is 0.238 e. The predicted octanol–water partition coefficient (Wildman–Crippen LogP) is 3.37. The van der Waals surface area contributed by atoms with Crippen LogP contribution in [0.2, 0.25) is 0 Å². The summed E-state index contributed by atoms with van der Waals surface area (Å²) in [7, 11) is 0. The lowest BCUT2D eigenvalue weighted by molar-refractivity contribution is -0.119. The van der Waals surface area contributed by atoms with E-state index >= 15 is 0 Å². The van der Waals surface area contributed by atoms with Crippen molar-refractivity contribution in [1.82, 2.24) is 10.5 Å². The standard InChI is InChI=1S/C17H29N3O3S/c1-11(2)7-6-8-12(3)18-16(21)10-24-14(5)17(22)19-15-9-13(4)23-20-15/h9,11-12,14H,6-8,10H2,1-5H3,(H,18,21)(H,19,20,22)/t12-,14+/m1/s1. The van der Waals surface area contributed by atoms with Crippen LogP contribution in [-0.2, 0) is 9.59 Å². The number of nitrogens with one attached hydrogen (secondary N) is 2. The van der Waals surface area contributed by atoms with E-state index in [4.69, 9.17) is 4.52 Å². The van der Waals surface area contributed by atoms with Crippen molar-refractivity contribution in [3.8, 4) is 0 Å². The molecular formula is C17H29N3O3S. The number of hydrogen-bond acceptors (Lipinski definition) is 5. The summed E-state index contributed by atoms with van der Waals surface area (Å²) >= 11 is 1.31. The van der Waals surface area contributed by atoms with E-state index in [1.165, 1.54) is 18.2 Å². The summed E-state index contributed by atoms with van der Waals surface area (Å²) in [5.74, 6) is 1.77. The van der Waals surface area contributed by atoms with Crippen LogP contribution < -0.4 is 10.6 Å².